The van der Waals surface area contributed by atoms with E-state index < -0.39 is 10.0 Å². The number of hydrogen-bond donors (Lipinski definition) is 2. The molecule has 0 atom stereocenters. The molecule has 0 spiro atoms. The van der Waals surface area contributed by atoms with Crippen LogP contribution in [0.15, 0.2) is 29.4 Å². The van der Waals surface area contributed by atoms with Crippen LogP contribution in [0.25, 0.3) is 0 Å². The lowest BCUT2D eigenvalue weighted by molar-refractivity contribution is -0.116. The Morgan fingerprint density at radius 1 is 0.923 bits per heavy atom. The highest BCUT2D eigenvalue weighted by Crippen LogP contribution is 2.29. The molecule has 0 unspecified atom stereocenters. The Morgan fingerprint density at radius 3 is 1.96 bits per heavy atom. The summed E-state index contributed by atoms with van der Waals surface area (Å²) in [5.41, 5.74) is 5.19. The quantitative estimate of drug-likeness (QED) is 0.812. The Bertz CT molecular complexity index is 894. The summed E-state index contributed by atoms with van der Waals surface area (Å²) >= 11 is 0. The number of carbonyl (C=O) groups is 1. The average Bonchev–Trinajstić information content (AvgIpc) is 2.59. The minimum atomic E-state index is -3.69. The van der Waals surface area contributed by atoms with Crippen LogP contribution in [0.4, 0.5) is 5.69 Å². The lowest BCUT2D eigenvalue weighted by atomic mass is 9.95. The first-order valence-corrected chi connectivity index (χ1v) is 9.90. The van der Waals surface area contributed by atoms with Gasteiger partial charge in [0.2, 0.25) is 15.9 Å². The molecule has 6 nitrogen and oxygen atoms in total. The van der Waals surface area contributed by atoms with Gasteiger partial charge in [-0.1, -0.05) is 0 Å². The topological polar surface area (TPSA) is 88.2 Å². The first kappa shape index (κ1) is 20.1. The molecule has 0 aliphatic rings. The summed E-state index contributed by atoms with van der Waals surface area (Å²) in [4.78, 5) is 16.1. The molecule has 1 aromatic carbocycles. The molecule has 2 aromatic rings. The number of aromatic nitrogens is 1. The van der Waals surface area contributed by atoms with Crippen LogP contribution in [0.3, 0.4) is 0 Å². The Balaban J connectivity index is 2.09. The van der Waals surface area contributed by atoms with E-state index >= 15 is 0 Å². The number of benzene rings is 1. The molecule has 0 fully saturated rings. The average molecular weight is 375 g/mol. The number of sulfonamides is 1. The van der Waals surface area contributed by atoms with Crippen LogP contribution < -0.4 is 10.0 Å². The normalized spacial score (nSPS) is 11.4. The third-order valence-corrected chi connectivity index (χ3v) is 6.54. The van der Waals surface area contributed by atoms with Crippen molar-refractivity contribution in [3.05, 3.63) is 52.3 Å². The predicted octanol–water partition coefficient (Wildman–Crippen LogP) is 2.93. The van der Waals surface area contributed by atoms with E-state index in [-0.39, 0.29) is 18.9 Å². The van der Waals surface area contributed by atoms with Crippen molar-refractivity contribution in [3.63, 3.8) is 0 Å². The third-order valence-electron chi connectivity index (χ3n) is 4.81. The Morgan fingerprint density at radius 2 is 1.42 bits per heavy atom. The predicted molar refractivity (Wildman–Crippen MR) is 103 cm³/mol. The Kier molecular flexibility index (Phi) is 6.15. The van der Waals surface area contributed by atoms with Crippen molar-refractivity contribution in [3.8, 4) is 0 Å². The van der Waals surface area contributed by atoms with Gasteiger partial charge in [0, 0.05) is 31.0 Å². The highest BCUT2D eigenvalue weighted by atomic mass is 32.2. The lowest BCUT2D eigenvalue weighted by Gasteiger charge is -2.19. The number of pyridine rings is 1. The van der Waals surface area contributed by atoms with Gasteiger partial charge in [-0.15, -0.1) is 0 Å². The number of carbonyl (C=O) groups excluding carboxylic acids is 1. The van der Waals surface area contributed by atoms with Crippen molar-refractivity contribution in [2.45, 2.75) is 45.9 Å². The summed E-state index contributed by atoms with van der Waals surface area (Å²) < 4.78 is 28.1. The van der Waals surface area contributed by atoms with Crippen LogP contribution in [0, 0.1) is 34.6 Å². The molecule has 0 saturated carbocycles. The molecule has 1 amide bonds. The molecule has 1 heterocycles. The number of rotatable bonds is 6. The molecule has 26 heavy (non-hydrogen) atoms. The van der Waals surface area contributed by atoms with E-state index in [0.717, 1.165) is 27.8 Å². The summed E-state index contributed by atoms with van der Waals surface area (Å²) in [6.45, 7) is 9.53. The van der Waals surface area contributed by atoms with E-state index in [0.29, 0.717) is 10.6 Å². The zero-order chi connectivity index (χ0) is 19.5. The molecular weight excluding hydrogens is 350 g/mol. The summed E-state index contributed by atoms with van der Waals surface area (Å²) in [5, 5.41) is 2.70. The van der Waals surface area contributed by atoms with Crippen LogP contribution in [-0.4, -0.2) is 25.9 Å². The van der Waals surface area contributed by atoms with E-state index in [1.165, 1.54) is 0 Å². The third kappa shape index (κ3) is 4.28. The summed E-state index contributed by atoms with van der Waals surface area (Å²) in [7, 11) is -3.69. The number of anilines is 1. The van der Waals surface area contributed by atoms with Crippen LogP contribution in [0.1, 0.15) is 34.2 Å². The van der Waals surface area contributed by atoms with Crippen molar-refractivity contribution >= 4 is 21.6 Å². The molecule has 140 valence electrons. The maximum atomic E-state index is 12.8. The van der Waals surface area contributed by atoms with Crippen LogP contribution in [0.2, 0.25) is 0 Å². The van der Waals surface area contributed by atoms with Crippen molar-refractivity contribution in [2.24, 2.45) is 0 Å². The first-order valence-electron chi connectivity index (χ1n) is 8.41. The molecule has 0 aliphatic carbocycles. The van der Waals surface area contributed by atoms with Crippen LogP contribution >= 0.6 is 0 Å². The minimum absolute atomic E-state index is 0.0318. The number of amides is 1. The molecule has 2 N–H and O–H groups in total. The fraction of sp³-hybridized carbons (Fsp3) is 0.368. The zero-order valence-electron chi connectivity index (χ0n) is 15.8. The standard InChI is InChI=1S/C19H25N3O3S/c1-12-13(2)15(4)19(16(5)14(12)3)26(24,25)21-11-8-18(23)22-17-6-9-20-10-7-17/h6-7,9-10,21H,8,11H2,1-5H3,(H,20,22,23). The summed E-state index contributed by atoms with van der Waals surface area (Å²) in [6, 6.07) is 3.35. The molecule has 0 radical (unpaired) electrons. The fourth-order valence-electron chi connectivity index (χ4n) is 2.90. The molecule has 0 aliphatic heterocycles. The van der Waals surface area contributed by atoms with Gasteiger partial charge in [0.25, 0.3) is 0 Å². The van der Waals surface area contributed by atoms with Gasteiger partial charge in [-0.3, -0.25) is 9.78 Å². The maximum Gasteiger partial charge on any atom is 0.241 e. The van der Waals surface area contributed by atoms with Gasteiger partial charge in [-0.05, 0) is 74.6 Å². The second-order valence-electron chi connectivity index (χ2n) is 6.39. The molecular formula is C19H25N3O3S. The minimum Gasteiger partial charge on any atom is -0.326 e. The SMILES string of the molecule is Cc1c(C)c(C)c(S(=O)(=O)NCCC(=O)Nc2ccncc2)c(C)c1C. The van der Waals surface area contributed by atoms with Gasteiger partial charge in [-0.2, -0.15) is 0 Å². The Labute approximate surface area is 155 Å². The van der Waals surface area contributed by atoms with Crippen LogP contribution in [-0.2, 0) is 14.8 Å². The van der Waals surface area contributed by atoms with Gasteiger partial charge < -0.3 is 5.32 Å². The van der Waals surface area contributed by atoms with E-state index in [4.69, 9.17) is 0 Å². The van der Waals surface area contributed by atoms with E-state index in [1.807, 2.05) is 34.6 Å². The van der Waals surface area contributed by atoms with Crippen molar-refractivity contribution < 1.29 is 13.2 Å². The molecule has 2 rings (SSSR count). The fourth-order valence-corrected chi connectivity index (χ4v) is 4.53. The zero-order valence-corrected chi connectivity index (χ0v) is 16.6. The van der Waals surface area contributed by atoms with Crippen molar-refractivity contribution in [1.82, 2.24) is 9.71 Å². The number of nitrogens with one attached hydrogen (secondary N) is 2. The van der Waals surface area contributed by atoms with Gasteiger partial charge >= 0.3 is 0 Å². The highest BCUT2D eigenvalue weighted by molar-refractivity contribution is 7.89. The molecule has 1 aromatic heterocycles. The number of hydrogen-bond acceptors (Lipinski definition) is 4. The van der Waals surface area contributed by atoms with Gasteiger partial charge in [0.05, 0.1) is 4.90 Å². The van der Waals surface area contributed by atoms with E-state index in [1.54, 1.807) is 24.5 Å². The van der Waals surface area contributed by atoms with E-state index in [9.17, 15) is 13.2 Å². The Hall–Kier alpha value is -2.25. The maximum absolute atomic E-state index is 12.8. The molecule has 0 saturated heterocycles. The molecule has 7 heteroatoms. The molecule has 0 bridgehead atoms. The van der Waals surface area contributed by atoms with Gasteiger partial charge in [0.15, 0.2) is 0 Å². The number of nitrogens with zero attached hydrogens (tertiary/aromatic N) is 1. The second-order valence-corrected chi connectivity index (χ2v) is 8.09. The second kappa shape index (κ2) is 7.97. The van der Waals surface area contributed by atoms with Crippen molar-refractivity contribution in [2.75, 3.05) is 11.9 Å². The van der Waals surface area contributed by atoms with Crippen LogP contribution in [0.5, 0.6) is 0 Å². The summed E-state index contributed by atoms with van der Waals surface area (Å²) in [5.74, 6) is -0.261. The summed E-state index contributed by atoms with van der Waals surface area (Å²) in [6.07, 6.45) is 3.20. The monoisotopic (exact) mass is 375 g/mol. The van der Waals surface area contributed by atoms with Gasteiger partial charge in [0.1, 0.15) is 0 Å². The van der Waals surface area contributed by atoms with Gasteiger partial charge in [-0.25, -0.2) is 13.1 Å². The van der Waals surface area contributed by atoms with E-state index in [2.05, 4.69) is 15.0 Å². The first-order chi connectivity index (χ1) is 12.1. The lowest BCUT2D eigenvalue weighted by Crippen LogP contribution is -2.29. The largest absolute Gasteiger partial charge is 0.326 e. The smallest absolute Gasteiger partial charge is 0.241 e. The van der Waals surface area contributed by atoms with Crippen molar-refractivity contribution in [1.29, 1.82) is 0 Å². The highest BCUT2D eigenvalue weighted by Gasteiger charge is 2.23.